The van der Waals surface area contributed by atoms with Gasteiger partial charge in [0.2, 0.25) is 0 Å². The SMILES string of the molecule is CCC(C)C(NC(=O)COC(=O)c1ccc2ccccc2c1O)C(=O)OC. The summed E-state index contributed by atoms with van der Waals surface area (Å²) >= 11 is 0. The Morgan fingerprint density at radius 3 is 2.52 bits per heavy atom. The fraction of sp³-hybridized carbons (Fsp3) is 0.350. The molecule has 7 nitrogen and oxygen atoms in total. The first-order valence-electron chi connectivity index (χ1n) is 8.64. The molecule has 0 aliphatic heterocycles. The van der Waals surface area contributed by atoms with Crippen LogP contribution in [0.15, 0.2) is 36.4 Å². The molecule has 0 saturated heterocycles. The van der Waals surface area contributed by atoms with Gasteiger partial charge in [-0.2, -0.15) is 0 Å². The quantitative estimate of drug-likeness (QED) is 0.723. The van der Waals surface area contributed by atoms with Gasteiger partial charge in [0.15, 0.2) is 6.61 Å². The molecule has 0 spiro atoms. The maximum Gasteiger partial charge on any atom is 0.342 e. The molecule has 2 aromatic carbocycles. The van der Waals surface area contributed by atoms with E-state index in [-0.39, 0.29) is 17.2 Å². The zero-order valence-corrected chi connectivity index (χ0v) is 15.5. The Kier molecular flexibility index (Phi) is 6.76. The molecule has 0 aliphatic rings. The van der Waals surface area contributed by atoms with Gasteiger partial charge in [0.25, 0.3) is 5.91 Å². The topological polar surface area (TPSA) is 102 Å². The zero-order valence-electron chi connectivity index (χ0n) is 15.5. The molecule has 1 amide bonds. The minimum Gasteiger partial charge on any atom is -0.506 e. The monoisotopic (exact) mass is 373 g/mol. The molecular formula is C20H23NO6. The number of benzene rings is 2. The first-order valence-corrected chi connectivity index (χ1v) is 8.64. The third-order valence-electron chi connectivity index (χ3n) is 4.44. The second kappa shape index (κ2) is 9.02. The number of esters is 2. The molecule has 27 heavy (non-hydrogen) atoms. The van der Waals surface area contributed by atoms with Crippen LogP contribution in [-0.2, 0) is 19.1 Å². The van der Waals surface area contributed by atoms with Crippen LogP contribution in [0.25, 0.3) is 10.8 Å². The first kappa shape index (κ1) is 20.2. The van der Waals surface area contributed by atoms with Crippen molar-refractivity contribution in [1.29, 1.82) is 0 Å². The summed E-state index contributed by atoms with van der Waals surface area (Å²) in [5, 5.41) is 14.1. The Labute approximate surface area is 157 Å². The molecule has 2 rings (SSSR count). The molecule has 0 aromatic heterocycles. The smallest absolute Gasteiger partial charge is 0.342 e. The van der Waals surface area contributed by atoms with E-state index in [1.165, 1.54) is 13.2 Å². The van der Waals surface area contributed by atoms with Crippen LogP contribution in [0.3, 0.4) is 0 Å². The van der Waals surface area contributed by atoms with Gasteiger partial charge >= 0.3 is 11.9 Å². The summed E-state index contributed by atoms with van der Waals surface area (Å²) in [6.45, 7) is 3.12. The second-order valence-electron chi connectivity index (χ2n) is 6.21. The lowest BCUT2D eigenvalue weighted by Gasteiger charge is -2.21. The summed E-state index contributed by atoms with van der Waals surface area (Å²) in [6.07, 6.45) is 0.658. The number of nitrogens with one attached hydrogen (secondary N) is 1. The van der Waals surface area contributed by atoms with Crippen molar-refractivity contribution >= 4 is 28.6 Å². The number of phenolic OH excluding ortho intramolecular Hbond substituents is 1. The summed E-state index contributed by atoms with van der Waals surface area (Å²) in [7, 11) is 1.24. The summed E-state index contributed by atoms with van der Waals surface area (Å²) in [5.41, 5.74) is -0.0343. The number of amides is 1. The average Bonchev–Trinajstić information content (AvgIpc) is 2.69. The number of carbonyl (C=O) groups is 3. The highest BCUT2D eigenvalue weighted by atomic mass is 16.5. The molecule has 0 radical (unpaired) electrons. The second-order valence-corrected chi connectivity index (χ2v) is 6.21. The molecule has 2 N–H and O–H groups in total. The standard InChI is InChI=1S/C20H23NO6/c1-4-12(2)17(20(25)26-3)21-16(22)11-27-19(24)15-10-9-13-7-5-6-8-14(13)18(15)23/h5-10,12,17,23H,4,11H2,1-3H3,(H,21,22). The minimum atomic E-state index is -0.827. The lowest BCUT2D eigenvalue weighted by Crippen LogP contribution is -2.47. The lowest BCUT2D eigenvalue weighted by atomic mass is 9.99. The molecule has 0 aliphatic carbocycles. The number of ether oxygens (including phenoxy) is 2. The molecule has 0 heterocycles. The van der Waals surface area contributed by atoms with Crippen LogP contribution >= 0.6 is 0 Å². The number of rotatable bonds is 7. The predicted octanol–water partition coefficient (Wildman–Crippen LogP) is 2.41. The van der Waals surface area contributed by atoms with Gasteiger partial charge in [0.05, 0.1) is 7.11 Å². The van der Waals surface area contributed by atoms with Crippen LogP contribution < -0.4 is 5.32 Å². The molecule has 0 saturated carbocycles. The fourth-order valence-electron chi connectivity index (χ4n) is 2.64. The van der Waals surface area contributed by atoms with Crippen LogP contribution in [0.5, 0.6) is 5.75 Å². The van der Waals surface area contributed by atoms with Crippen molar-refractivity contribution in [2.45, 2.75) is 26.3 Å². The van der Waals surface area contributed by atoms with Crippen LogP contribution in [0.1, 0.15) is 30.6 Å². The van der Waals surface area contributed by atoms with Crippen LogP contribution in [0.2, 0.25) is 0 Å². The Hall–Kier alpha value is -3.09. The van der Waals surface area contributed by atoms with E-state index in [9.17, 15) is 19.5 Å². The van der Waals surface area contributed by atoms with Gasteiger partial charge in [-0.3, -0.25) is 4.79 Å². The van der Waals surface area contributed by atoms with E-state index in [1.807, 2.05) is 13.0 Å². The Balaban J connectivity index is 2.03. The van der Waals surface area contributed by atoms with Gasteiger partial charge in [-0.1, -0.05) is 50.6 Å². The molecule has 2 aromatic rings. The number of aromatic hydroxyl groups is 1. The predicted molar refractivity (Wildman–Crippen MR) is 99.3 cm³/mol. The van der Waals surface area contributed by atoms with Crippen molar-refractivity contribution in [3.8, 4) is 5.75 Å². The number of carbonyl (C=O) groups excluding carboxylic acids is 3. The number of hydrogen-bond acceptors (Lipinski definition) is 6. The number of methoxy groups -OCH3 is 1. The maximum absolute atomic E-state index is 12.2. The van der Waals surface area contributed by atoms with E-state index in [1.54, 1.807) is 31.2 Å². The van der Waals surface area contributed by atoms with Gasteiger partial charge in [0, 0.05) is 5.39 Å². The van der Waals surface area contributed by atoms with Gasteiger partial charge in [-0.15, -0.1) is 0 Å². The van der Waals surface area contributed by atoms with Crippen molar-refractivity contribution in [2.75, 3.05) is 13.7 Å². The van der Waals surface area contributed by atoms with Crippen LogP contribution in [0.4, 0.5) is 0 Å². The normalized spacial score (nSPS) is 12.9. The highest BCUT2D eigenvalue weighted by Gasteiger charge is 2.27. The summed E-state index contributed by atoms with van der Waals surface area (Å²) < 4.78 is 9.68. The number of phenols is 1. The molecule has 0 bridgehead atoms. The van der Waals surface area contributed by atoms with Crippen molar-refractivity contribution in [3.05, 3.63) is 42.0 Å². The van der Waals surface area contributed by atoms with Crippen LogP contribution in [0, 0.1) is 5.92 Å². The van der Waals surface area contributed by atoms with Crippen molar-refractivity contribution in [1.82, 2.24) is 5.32 Å². The number of hydrogen-bond donors (Lipinski definition) is 2. The summed E-state index contributed by atoms with van der Waals surface area (Å²) in [5.74, 6) is -2.35. The zero-order chi connectivity index (χ0) is 20.0. The summed E-state index contributed by atoms with van der Waals surface area (Å²) in [6, 6.07) is 9.35. The largest absolute Gasteiger partial charge is 0.506 e. The van der Waals surface area contributed by atoms with E-state index < -0.39 is 30.5 Å². The van der Waals surface area contributed by atoms with E-state index >= 15 is 0 Å². The molecule has 7 heteroatoms. The third-order valence-corrected chi connectivity index (χ3v) is 4.44. The Morgan fingerprint density at radius 2 is 1.85 bits per heavy atom. The minimum absolute atomic E-state index is 0.0343. The molecular weight excluding hydrogens is 350 g/mol. The van der Waals surface area contributed by atoms with Gasteiger partial charge in [0.1, 0.15) is 17.4 Å². The summed E-state index contributed by atoms with van der Waals surface area (Å²) in [4.78, 5) is 36.1. The maximum atomic E-state index is 12.2. The average molecular weight is 373 g/mol. The van der Waals surface area contributed by atoms with Crippen molar-refractivity contribution in [3.63, 3.8) is 0 Å². The Morgan fingerprint density at radius 1 is 1.15 bits per heavy atom. The molecule has 2 atom stereocenters. The van der Waals surface area contributed by atoms with E-state index in [2.05, 4.69) is 5.32 Å². The van der Waals surface area contributed by atoms with Gasteiger partial charge < -0.3 is 19.9 Å². The van der Waals surface area contributed by atoms with Gasteiger partial charge in [-0.05, 0) is 17.4 Å². The first-order chi connectivity index (χ1) is 12.9. The third kappa shape index (κ3) is 4.75. The van der Waals surface area contributed by atoms with Crippen molar-refractivity contribution in [2.24, 2.45) is 5.92 Å². The van der Waals surface area contributed by atoms with E-state index in [0.29, 0.717) is 11.8 Å². The van der Waals surface area contributed by atoms with Crippen molar-refractivity contribution < 1.29 is 29.0 Å². The highest BCUT2D eigenvalue weighted by Crippen LogP contribution is 2.28. The Bertz CT molecular complexity index is 847. The van der Waals surface area contributed by atoms with E-state index in [0.717, 1.165) is 5.39 Å². The highest BCUT2D eigenvalue weighted by molar-refractivity contribution is 6.01. The fourth-order valence-corrected chi connectivity index (χ4v) is 2.64. The van der Waals surface area contributed by atoms with E-state index in [4.69, 9.17) is 9.47 Å². The lowest BCUT2D eigenvalue weighted by molar-refractivity contribution is -0.147. The molecule has 144 valence electrons. The van der Waals surface area contributed by atoms with Gasteiger partial charge in [-0.25, -0.2) is 9.59 Å². The molecule has 0 fully saturated rings. The number of fused-ring (bicyclic) bond motifs is 1. The molecule has 2 unspecified atom stereocenters. The van der Waals surface area contributed by atoms with Crippen LogP contribution in [-0.4, -0.2) is 42.7 Å².